The van der Waals surface area contributed by atoms with Gasteiger partial charge < -0.3 is 14.9 Å². The summed E-state index contributed by atoms with van der Waals surface area (Å²) in [4.78, 5) is 15.2. The van der Waals surface area contributed by atoms with Gasteiger partial charge >= 0.3 is 20.1 Å². The predicted molar refractivity (Wildman–Crippen MR) is 90.0 cm³/mol. The maximum atomic E-state index is 13.1. The Morgan fingerprint density at radius 3 is 2.10 bits per heavy atom. The van der Waals surface area contributed by atoms with Crippen LogP contribution in [0.15, 0.2) is 35.7 Å². The van der Waals surface area contributed by atoms with Crippen LogP contribution in [0.3, 0.4) is 0 Å². The van der Waals surface area contributed by atoms with Gasteiger partial charge in [-0.3, -0.25) is 23.7 Å². The van der Waals surface area contributed by atoms with Crippen LogP contribution < -0.4 is 5.01 Å². The van der Waals surface area contributed by atoms with E-state index in [0.717, 1.165) is 12.1 Å². The monoisotopic (exact) mass is 581 g/mol. The average molecular weight is 581 g/mol. The van der Waals surface area contributed by atoms with Gasteiger partial charge in [0, 0.05) is 12.4 Å². The largest absolute Gasteiger partial charge is 3.00 e. The molecule has 29 heavy (non-hydrogen) atoms. The van der Waals surface area contributed by atoms with Crippen molar-refractivity contribution in [2.24, 2.45) is 5.10 Å². The molecule has 0 N–H and O–H groups in total. The molecule has 0 radical (unpaired) electrons. The molecule has 1 aliphatic rings. The van der Waals surface area contributed by atoms with E-state index in [1.165, 1.54) is 30.4 Å². The van der Waals surface area contributed by atoms with Gasteiger partial charge in [0.25, 0.3) is 0 Å². The number of nitrogens with zero attached hydrogens (tertiary/aromatic N) is 7. The van der Waals surface area contributed by atoms with Crippen LogP contribution in [0, 0.1) is 42.6 Å². The van der Waals surface area contributed by atoms with E-state index in [-0.39, 0.29) is 37.2 Å². The van der Waals surface area contributed by atoms with Crippen LogP contribution in [-0.2, 0) is 20.1 Å². The number of rotatable bonds is 2. The maximum absolute atomic E-state index is 13.1. The first-order chi connectivity index (χ1) is 13.4. The van der Waals surface area contributed by atoms with E-state index in [1.807, 2.05) is 0 Å². The standard InChI is InChI=1S/C9H4F2N3.C8H6F2N4.Ir/c10-7-3-2-6(8(11)14-7)9-12-4-1-5-13-9;1-13-4-11-14(5-13)6-2-3-7(9)12-8(6)10;/h1,3-5H;3-5H,1H3;/q-1;-2;+3. The molecular formula is C17H10F4IrN7. The molecular weight excluding hydrogens is 570 g/mol. The second-order valence-corrected chi connectivity index (χ2v) is 5.18. The van der Waals surface area contributed by atoms with Gasteiger partial charge in [-0.1, -0.05) is 11.6 Å². The molecule has 0 unspecified atom stereocenters. The van der Waals surface area contributed by atoms with Crippen molar-refractivity contribution in [2.45, 2.75) is 0 Å². The molecule has 12 heteroatoms. The molecule has 0 spiro atoms. The van der Waals surface area contributed by atoms with Crippen LogP contribution in [0.25, 0.3) is 11.4 Å². The zero-order chi connectivity index (χ0) is 20.1. The Morgan fingerprint density at radius 1 is 0.931 bits per heavy atom. The third-order valence-electron chi connectivity index (χ3n) is 3.14. The number of halogens is 4. The zero-order valence-electron chi connectivity index (χ0n) is 14.5. The summed E-state index contributed by atoms with van der Waals surface area (Å²) in [5.41, 5.74) is -0.0426. The molecule has 0 atom stereocenters. The van der Waals surface area contributed by atoms with Gasteiger partial charge in [-0.2, -0.15) is 11.2 Å². The molecule has 150 valence electrons. The Bertz CT molecular complexity index is 991. The second kappa shape index (κ2) is 9.99. The van der Waals surface area contributed by atoms with Crippen molar-refractivity contribution in [3.63, 3.8) is 0 Å². The second-order valence-electron chi connectivity index (χ2n) is 5.18. The summed E-state index contributed by atoms with van der Waals surface area (Å²) in [6, 6.07) is 8.29. The van der Waals surface area contributed by atoms with Crippen molar-refractivity contribution in [1.82, 2.24) is 24.8 Å². The minimum Gasteiger partial charge on any atom is -0.493 e. The first-order valence-corrected chi connectivity index (χ1v) is 7.59. The number of anilines is 1. The van der Waals surface area contributed by atoms with E-state index in [4.69, 9.17) is 0 Å². The van der Waals surface area contributed by atoms with Crippen molar-refractivity contribution in [3.8, 4) is 11.4 Å². The van der Waals surface area contributed by atoms with E-state index < -0.39 is 23.8 Å². The zero-order valence-corrected chi connectivity index (χ0v) is 16.9. The van der Waals surface area contributed by atoms with Gasteiger partial charge in [0.2, 0.25) is 0 Å². The van der Waals surface area contributed by atoms with Crippen molar-refractivity contribution < 1.29 is 37.7 Å². The van der Waals surface area contributed by atoms with E-state index in [9.17, 15) is 17.6 Å². The predicted octanol–water partition coefficient (Wildman–Crippen LogP) is 2.59. The first-order valence-electron chi connectivity index (χ1n) is 7.59. The summed E-state index contributed by atoms with van der Waals surface area (Å²) in [7, 11) is 1.73. The van der Waals surface area contributed by atoms with Crippen molar-refractivity contribution in [3.05, 3.63) is 73.2 Å². The molecule has 4 rings (SSSR count). The van der Waals surface area contributed by atoms with Crippen molar-refractivity contribution >= 4 is 12.0 Å². The van der Waals surface area contributed by atoms with E-state index in [2.05, 4.69) is 37.2 Å². The average Bonchev–Trinajstić information content (AvgIpc) is 3.09. The molecule has 3 aromatic heterocycles. The van der Waals surface area contributed by atoms with Gasteiger partial charge in [-0.05, 0) is 18.8 Å². The van der Waals surface area contributed by atoms with Crippen LogP contribution in [0.1, 0.15) is 0 Å². The molecule has 0 fully saturated rings. The fraction of sp³-hybridized carbons (Fsp3) is 0.0588. The Morgan fingerprint density at radius 2 is 1.55 bits per heavy atom. The fourth-order valence-corrected chi connectivity index (χ4v) is 1.97. The van der Waals surface area contributed by atoms with Crippen LogP contribution in [-0.4, -0.2) is 38.2 Å². The Kier molecular flexibility index (Phi) is 7.68. The third-order valence-corrected chi connectivity index (χ3v) is 3.14. The minimum atomic E-state index is -0.962. The normalized spacial score (nSPS) is 12.3. The quantitative estimate of drug-likeness (QED) is 0.264. The van der Waals surface area contributed by atoms with Gasteiger partial charge in [-0.25, -0.2) is 8.78 Å². The topological polar surface area (TPSA) is 70.4 Å². The summed E-state index contributed by atoms with van der Waals surface area (Å²) in [5.74, 6) is -3.58. The molecule has 0 bridgehead atoms. The number of hydrogen-bond donors (Lipinski definition) is 0. The van der Waals surface area contributed by atoms with Crippen LogP contribution in [0.2, 0.25) is 0 Å². The van der Waals surface area contributed by atoms with Gasteiger partial charge in [0.1, 0.15) is 17.8 Å². The molecule has 0 saturated heterocycles. The molecule has 0 aliphatic carbocycles. The molecule has 0 aromatic carbocycles. The van der Waals surface area contributed by atoms with Crippen LogP contribution in [0.4, 0.5) is 23.2 Å². The number of hydrazone groups is 1. The summed E-state index contributed by atoms with van der Waals surface area (Å²) in [6.45, 7) is 1.52. The fourth-order valence-electron chi connectivity index (χ4n) is 1.97. The number of aromatic nitrogens is 4. The Hall–Kier alpha value is -2.98. The molecule has 0 amide bonds. The molecule has 3 aromatic rings. The van der Waals surface area contributed by atoms with Crippen LogP contribution in [0.5, 0.6) is 0 Å². The van der Waals surface area contributed by atoms with Crippen molar-refractivity contribution in [1.29, 1.82) is 0 Å². The molecule has 1 aliphatic heterocycles. The summed E-state index contributed by atoms with van der Waals surface area (Å²) < 4.78 is 51.1. The summed E-state index contributed by atoms with van der Waals surface area (Å²) in [5, 5.41) is 5.05. The molecule has 0 saturated carbocycles. The smallest absolute Gasteiger partial charge is 0.493 e. The van der Waals surface area contributed by atoms with E-state index >= 15 is 0 Å². The Balaban J connectivity index is 0.000000200. The van der Waals surface area contributed by atoms with Gasteiger partial charge in [-0.15, -0.1) is 18.8 Å². The molecule has 4 heterocycles. The summed E-state index contributed by atoms with van der Waals surface area (Å²) >= 11 is 0. The third kappa shape index (κ3) is 5.75. The van der Waals surface area contributed by atoms with Gasteiger partial charge in [0.05, 0.1) is 18.1 Å². The van der Waals surface area contributed by atoms with Gasteiger partial charge in [0.15, 0.2) is 0 Å². The maximum Gasteiger partial charge on any atom is 3.00 e. The van der Waals surface area contributed by atoms with E-state index in [0.29, 0.717) is 0 Å². The summed E-state index contributed by atoms with van der Waals surface area (Å²) in [6.07, 6.45) is 4.40. The Labute approximate surface area is 176 Å². The first kappa shape index (κ1) is 22.3. The van der Waals surface area contributed by atoms with E-state index in [1.54, 1.807) is 18.0 Å². The van der Waals surface area contributed by atoms with Crippen molar-refractivity contribution in [2.75, 3.05) is 12.1 Å². The number of pyridine rings is 2. The number of hydrogen-bond acceptors (Lipinski definition) is 7. The van der Waals surface area contributed by atoms with Crippen LogP contribution >= 0.6 is 0 Å². The minimum absolute atomic E-state index is 0. The molecule has 7 nitrogen and oxygen atoms in total. The SMILES string of the molecule is CN1C=NN(c2[c-]cc(F)nc2F)[CH-]1.Fc1c[c-]c(-c2ncccn2)c(F)n1.[Ir+3].